The lowest BCUT2D eigenvalue weighted by Crippen LogP contribution is -2.46. The van der Waals surface area contributed by atoms with E-state index < -0.39 is 5.97 Å². The highest BCUT2D eigenvalue weighted by atomic mass is 16.5. The third-order valence-electron chi connectivity index (χ3n) is 9.73. The van der Waals surface area contributed by atoms with Crippen LogP contribution in [0.1, 0.15) is 124 Å². The molecule has 3 aliphatic rings. The molecule has 1 aromatic heterocycles. The molecular formula is C33H46N2O4. The first-order valence-corrected chi connectivity index (χ1v) is 14.9. The number of carbonyl (C=O) groups excluding carboxylic acids is 1. The fraction of sp³-hybridized carbons (Fsp3) is 0.636. The molecule has 3 aliphatic carbocycles. The molecule has 1 aromatic carbocycles. The van der Waals surface area contributed by atoms with Crippen molar-refractivity contribution >= 4 is 11.9 Å². The van der Waals surface area contributed by atoms with Crippen LogP contribution < -0.4 is 5.32 Å². The summed E-state index contributed by atoms with van der Waals surface area (Å²) in [5, 5.41) is 12.4. The molecule has 5 rings (SSSR count). The number of methoxy groups -OCH3 is 1. The Morgan fingerprint density at radius 1 is 1.10 bits per heavy atom. The summed E-state index contributed by atoms with van der Waals surface area (Å²) in [7, 11) is 1.80. The molecule has 1 heterocycles. The lowest BCUT2D eigenvalue weighted by atomic mass is 9.80. The van der Waals surface area contributed by atoms with E-state index in [-0.39, 0.29) is 34.8 Å². The average Bonchev–Trinajstić information content (AvgIpc) is 3.54. The first-order chi connectivity index (χ1) is 18.4. The standard InChI is InChI=1S/C33H46N2O4/c1-20-27(30(36)34-25-14-22(15-25)31(37)38)19-35(28(20)29(39-6)21-10-8-7-9-11-21)26-17-23(32(2,3)4)16-24(18-26)33(5)12-13-33/h16-19,21-22,25,29H,7-15H2,1-6H3,(H,34,36)(H,37,38)/t22-,25-,29?. The Labute approximate surface area is 233 Å². The van der Waals surface area contributed by atoms with Crippen molar-refractivity contribution in [2.45, 2.75) is 115 Å². The molecule has 0 radical (unpaired) electrons. The number of benzene rings is 1. The lowest BCUT2D eigenvalue weighted by molar-refractivity contribution is -0.145. The van der Waals surface area contributed by atoms with Gasteiger partial charge in [0.25, 0.3) is 5.91 Å². The van der Waals surface area contributed by atoms with Crippen LogP contribution in [0.25, 0.3) is 5.69 Å². The van der Waals surface area contributed by atoms with E-state index in [9.17, 15) is 14.7 Å². The van der Waals surface area contributed by atoms with Gasteiger partial charge in [0.05, 0.1) is 17.2 Å². The highest BCUT2D eigenvalue weighted by Crippen LogP contribution is 2.49. The number of nitrogens with zero attached hydrogens (tertiary/aromatic N) is 1. The summed E-state index contributed by atoms with van der Waals surface area (Å²) in [4.78, 5) is 24.8. The van der Waals surface area contributed by atoms with Gasteiger partial charge in [0, 0.05) is 25.0 Å². The second kappa shape index (κ2) is 10.4. The summed E-state index contributed by atoms with van der Waals surface area (Å²) in [5.41, 5.74) is 6.66. The zero-order valence-electron chi connectivity index (χ0n) is 24.6. The molecule has 0 saturated heterocycles. The number of amides is 1. The summed E-state index contributed by atoms with van der Waals surface area (Å²) < 4.78 is 8.49. The molecule has 3 fully saturated rings. The maximum atomic E-state index is 13.6. The topological polar surface area (TPSA) is 80.6 Å². The first kappa shape index (κ1) is 27.9. The van der Waals surface area contributed by atoms with Gasteiger partial charge in [-0.05, 0) is 91.0 Å². The van der Waals surface area contributed by atoms with Crippen LogP contribution in [0.3, 0.4) is 0 Å². The molecule has 0 bridgehead atoms. The van der Waals surface area contributed by atoms with Crippen LogP contribution in [-0.2, 0) is 20.4 Å². The van der Waals surface area contributed by atoms with Gasteiger partial charge in [0.15, 0.2) is 0 Å². The van der Waals surface area contributed by atoms with Crippen molar-refractivity contribution in [1.82, 2.24) is 9.88 Å². The quantitative estimate of drug-likeness (QED) is 0.382. The molecule has 3 saturated carbocycles. The monoisotopic (exact) mass is 534 g/mol. The van der Waals surface area contributed by atoms with E-state index >= 15 is 0 Å². The van der Waals surface area contributed by atoms with Gasteiger partial charge >= 0.3 is 5.97 Å². The van der Waals surface area contributed by atoms with Crippen molar-refractivity contribution in [2.24, 2.45) is 11.8 Å². The Hall–Kier alpha value is -2.60. The Balaban J connectivity index is 1.59. The predicted octanol–water partition coefficient (Wildman–Crippen LogP) is 7.00. The van der Waals surface area contributed by atoms with Crippen LogP contribution in [-0.4, -0.2) is 34.7 Å². The number of carboxylic acid groups (broad SMARTS) is 1. The smallest absolute Gasteiger partial charge is 0.306 e. The molecule has 2 N–H and O–H groups in total. The summed E-state index contributed by atoms with van der Waals surface area (Å²) in [6.07, 6.45) is 11.3. The van der Waals surface area contributed by atoms with Crippen LogP contribution >= 0.6 is 0 Å². The van der Waals surface area contributed by atoms with Crippen LogP contribution in [0, 0.1) is 18.8 Å². The molecule has 6 heteroatoms. The van der Waals surface area contributed by atoms with Gasteiger partial charge in [-0.25, -0.2) is 0 Å². The SMILES string of the molecule is COC(c1c(C)c(C(=O)N[C@H]2C[C@H](C(=O)O)C2)cn1-c1cc(C(C)(C)C)cc(C2(C)CC2)c1)C1CCCCC1. The molecule has 39 heavy (non-hydrogen) atoms. The van der Waals surface area contributed by atoms with E-state index in [1.165, 1.54) is 43.2 Å². The molecule has 2 aromatic rings. The second-order valence-corrected chi connectivity index (χ2v) is 13.7. The third kappa shape index (κ3) is 5.54. The van der Waals surface area contributed by atoms with Crippen molar-refractivity contribution in [3.8, 4) is 5.69 Å². The van der Waals surface area contributed by atoms with E-state index in [1.54, 1.807) is 7.11 Å². The van der Waals surface area contributed by atoms with Crippen LogP contribution in [0.5, 0.6) is 0 Å². The number of rotatable bonds is 8. The molecule has 0 spiro atoms. The minimum atomic E-state index is -0.778. The van der Waals surface area contributed by atoms with Crippen molar-refractivity contribution in [3.63, 3.8) is 0 Å². The molecule has 0 aliphatic heterocycles. The van der Waals surface area contributed by atoms with Crippen molar-refractivity contribution < 1.29 is 19.4 Å². The number of hydrogen-bond donors (Lipinski definition) is 2. The molecule has 6 nitrogen and oxygen atoms in total. The summed E-state index contributed by atoms with van der Waals surface area (Å²) in [5.74, 6) is -0.843. The van der Waals surface area contributed by atoms with Crippen LogP contribution in [0.4, 0.5) is 0 Å². The molecule has 1 unspecified atom stereocenters. The minimum absolute atomic E-state index is 0.00644. The van der Waals surface area contributed by atoms with Gasteiger partial charge in [-0.3, -0.25) is 9.59 Å². The number of aromatic nitrogens is 1. The molecule has 1 amide bonds. The number of nitrogens with one attached hydrogen (secondary N) is 1. The Bertz CT molecular complexity index is 1210. The summed E-state index contributed by atoms with van der Waals surface area (Å²) in [6, 6.07) is 6.90. The van der Waals surface area contributed by atoms with E-state index in [0.717, 1.165) is 29.8 Å². The minimum Gasteiger partial charge on any atom is -0.481 e. The summed E-state index contributed by atoms with van der Waals surface area (Å²) >= 11 is 0. The molecule has 1 atom stereocenters. The average molecular weight is 535 g/mol. The maximum absolute atomic E-state index is 13.6. The lowest BCUT2D eigenvalue weighted by Gasteiger charge is -2.32. The highest BCUT2D eigenvalue weighted by molar-refractivity contribution is 5.96. The van der Waals surface area contributed by atoms with Crippen LogP contribution in [0.2, 0.25) is 0 Å². The first-order valence-electron chi connectivity index (χ1n) is 14.9. The number of ether oxygens (including phenoxy) is 1. The van der Waals surface area contributed by atoms with E-state index in [4.69, 9.17) is 4.74 Å². The van der Waals surface area contributed by atoms with Gasteiger partial charge in [0.2, 0.25) is 0 Å². The number of hydrogen-bond acceptors (Lipinski definition) is 3. The van der Waals surface area contributed by atoms with Gasteiger partial charge in [-0.15, -0.1) is 0 Å². The van der Waals surface area contributed by atoms with Crippen molar-refractivity contribution in [2.75, 3.05) is 7.11 Å². The predicted molar refractivity (Wildman–Crippen MR) is 154 cm³/mol. The van der Waals surface area contributed by atoms with Gasteiger partial charge in [-0.1, -0.05) is 53.0 Å². The maximum Gasteiger partial charge on any atom is 0.306 e. The van der Waals surface area contributed by atoms with Gasteiger partial charge in [-0.2, -0.15) is 0 Å². The second-order valence-electron chi connectivity index (χ2n) is 13.7. The zero-order valence-corrected chi connectivity index (χ0v) is 24.6. The number of carbonyl (C=O) groups is 2. The fourth-order valence-corrected chi connectivity index (χ4v) is 6.58. The summed E-state index contributed by atoms with van der Waals surface area (Å²) in [6.45, 7) is 11.2. The highest BCUT2D eigenvalue weighted by Gasteiger charge is 2.40. The van der Waals surface area contributed by atoms with E-state index in [2.05, 4.69) is 55.8 Å². The zero-order chi connectivity index (χ0) is 28.1. The number of aliphatic carboxylic acids is 1. The van der Waals surface area contributed by atoms with Crippen molar-refractivity contribution in [3.05, 3.63) is 52.3 Å². The van der Waals surface area contributed by atoms with Crippen LogP contribution in [0.15, 0.2) is 24.4 Å². The van der Waals surface area contributed by atoms with E-state index in [0.29, 0.717) is 24.3 Å². The molecular weight excluding hydrogens is 488 g/mol. The van der Waals surface area contributed by atoms with Gasteiger partial charge < -0.3 is 19.7 Å². The van der Waals surface area contributed by atoms with Crippen molar-refractivity contribution in [1.29, 1.82) is 0 Å². The Morgan fingerprint density at radius 3 is 2.33 bits per heavy atom. The third-order valence-corrected chi connectivity index (χ3v) is 9.73. The number of carboxylic acids is 1. The fourth-order valence-electron chi connectivity index (χ4n) is 6.58. The Morgan fingerprint density at radius 2 is 1.77 bits per heavy atom. The largest absolute Gasteiger partial charge is 0.481 e. The van der Waals surface area contributed by atoms with Gasteiger partial charge in [0.1, 0.15) is 6.10 Å². The Kier molecular flexibility index (Phi) is 7.47. The normalized spacial score (nSPS) is 23.6. The van der Waals surface area contributed by atoms with E-state index in [1.807, 2.05) is 13.1 Å². The molecule has 212 valence electrons.